The summed E-state index contributed by atoms with van der Waals surface area (Å²) >= 11 is 6.25. The molecule has 0 radical (unpaired) electrons. The largest absolute Gasteiger partial charge is 0.444 e. The van der Waals surface area contributed by atoms with E-state index in [-0.39, 0.29) is 23.2 Å². The number of amides is 1. The first-order valence-electron chi connectivity index (χ1n) is 11.9. The van der Waals surface area contributed by atoms with Crippen LogP contribution in [0, 0.1) is 0 Å². The van der Waals surface area contributed by atoms with Gasteiger partial charge < -0.3 is 19.0 Å². The Balaban J connectivity index is 1.81. The Kier molecular flexibility index (Phi) is 7.29. The van der Waals surface area contributed by atoms with E-state index >= 15 is 0 Å². The van der Waals surface area contributed by atoms with Gasteiger partial charge in [0.15, 0.2) is 8.32 Å². The SMILES string of the molecule is CC(C)(C)OC(=O)N1CC(N2CCCc3cc(Cl)ccc32)CC1CO[Si](C)(C)C(C)(C)C. The van der Waals surface area contributed by atoms with Crippen molar-refractivity contribution >= 4 is 31.7 Å². The van der Waals surface area contributed by atoms with E-state index in [2.05, 4.69) is 50.9 Å². The molecule has 180 valence electrons. The molecule has 7 heteroatoms. The molecule has 5 nitrogen and oxygen atoms in total. The van der Waals surface area contributed by atoms with Crippen LogP contribution < -0.4 is 4.90 Å². The van der Waals surface area contributed by atoms with Gasteiger partial charge in [-0.2, -0.15) is 0 Å². The van der Waals surface area contributed by atoms with Gasteiger partial charge in [0.1, 0.15) is 5.60 Å². The monoisotopic (exact) mass is 480 g/mol. The van der Waals surface area contributed by atoms with Gasteiger partial charge in [0.05, 0.1) is 12.6 Å². The number of nitrogens with zero attached hydrogens (tertiary/aromatic N) is 2. The number of benzene rings is 1. The highest BCUT2D eigenvalue weighted by Gasteiger charge is 2.43. The summed E-state index contributed by atoms with van der Waals surface area (Å²) in [6.45, 7) is 19.3. The lowest BCUT2D eigenvalue weighted by molar-refractivity contribution is 0.0180. The van der Waals surface area contributed by atoms with Crippen LogP contribution in [0.1, 0.15) is 59.9 Å². The molecule has 1 aromatic rings. The molecule has 0 aromatic heterocycles. The molecular weight excluding hydrogens is 440 g/mol. The van der Waals surface area contributed by atoms with Crippen molar-refractivity contribution in [2.24, 2.45) is 0 Å². The summed E-state index contributed by atoms with van der Waals surface area (Å²) in [5.41, 5.74) is 2.03. The number of rotatable bonds is 4. The molecule has 1 amide bonds. The van der Waals surface area contributed by atoms with E-state index in [1.54, 1.807) is 0 Å². The molecule has 0 aliphatic carbocycles. The van der Waals surface area contributed by atoms with Crippen molar-refractivity contribution in [2.75, 3.05) is 24.6 Å². The van der Waals surface area contributed by atoms with Gasteiger partial charge in [-0.1, -0.05) is 32.4 Å². The van der Waals surface area contributed by atoms with Crippen molar-refractivity contribution < 1.29 is 14.0 Å². The second kappa shape index (κ2) is 9.19. The van der Waals surface area contributed by atoms with Gasteiger partial charge >= 0.3 is 6.09 Å². The lowest BCUT2D eigenvalue weighted by atomic mass is 9.99. The van der Waals surface area contributed by atoms with Gasteiger partial charge in [-0.05, 0) is 81.9 Å². The Morgan fingerprint density at radius 1 is 1.19 bits per heavy atom. The van der Waals surface area contributed by atoms with Crippen LogP contribution in [0.25, 0.3) is 0 Å². The summed E-state index contributed by atoms with van der Waals surface area (Å²) in [5, 5.41) is 0.917. The maximum atomic E-state index is 13.1. The quantitative estimate of drug-likeness (QED) is 0.461. The zero-order valence-electron chi connectivity index (χ0n) is 21.1. The first-order valence-corrected chi connectivity index (χ1v) is 15.2. The van der Waals surface area contributed by atoms with Crippen LogP contribution in [-0.4, -0.2) is 56.7 Å². The maximum Gasteiger partial charge on any atom is 0.410 e. The standard InChI is InChI=1S/C25H41ClN2O3Si/c1-24(2,3)31-23(29)28-16-20(15-21(28)17-30-32(7,8)25(4,5)6)27-13-9-10-18-14-19(26)11-12-22(18)27/h11-12,14,20-21H,9-10,13,15-17H2,1-8H3. The molecule has 1 aromatic carbocycles. The van der Waals surface area contributed by atoms with Crippen molar-refractivity contribution in [3.63, 3.8) is 0 Å². The fourth-order valence-electron chi connectivity index (χ4n) is 4.32. The van der Waals surface area contributed by atoms with Crippen LogP contribution >= 0.6 is 11.6 Å². The van der Waals surface area contributed by atoms with Crippen molar-refractivity contribution in [3.8, 4) is 0 Å². The summed E-state index contributed by atoms with van der Waals surface area (Å²) < 4.78 is 12.3. The number of hydrogen-bond acceptors (Lipinski definition) is 4. The zero-order chi connectivity index (χ0) is 23.9. The molecule has 1 fully saturated rings. The van der Waals surface area contributed by atoms with Gasteiger partial charge in [-0.15, -0.1) is 0 Å². The van der Waals surface area contributed by atoms with Crippen molar-refractivity contribution in [1.82, 2.24) is 4.90 Å². The summed E-state index contributed by atoms with van der Waals surface area (Å²) in [6, 6.07) is 6.45. The van der Waals surface area contributed by atoms with Crippen LogP contribution in [0.2, 0.25) is 23.2 Å². The molecule has 2 aliphatic heterocycles. The van der Waals surface area contributed by atoms with E-state index in [1.165, 1.54) is 11.3 Å². The maximum absolute atomic E-state index is 13.1. The topological polar surface area (TPSA) is 42.0 Å². The second-order valence-corrected chi connectivity index (χ2v) is 17.1. The molecule has 2 atom stereocenters. The number of likely N-dealkylation sites (tertiary alicyclic amines) is 1. The Hall–Kier alpha value is -1.24. The molecule has 2 heterocycles. The molecular formula is C25H41ClN2O3Si. The third-order valence-electron chi connectivity index (χ3n) is 7.10. The highest BCUT2D eigenvalue weighted by atomic mass is 35.5. The molecule has 0 N–H and O–H groups in total. The predicted octanol–water partition coefficient (Wildman–Crippen LogP) is 6.49. The summed E-state index contributed by atoms with van der Waals surface area (Å²) in [6.07, 6.45) is 2.79. The Labute approximate surface area is 200 Å². The number of carbonyl (C=O) groups excluding carboxylic acids is 1. The van der Waals surface area contributed by atoms with Crippen molar-refractivity contribution in [1.29, 1.82) is 0 Å². The number of carbonyl (C=O) groups is 1. The molecule has 2 unspecified atom stereocenters. The first kappa shape index (κ1) is 25.4. The van der Waals surface area contributed by atoms with Crippen LogP contribution in [0.5, 0.6) is 0 Å². The van der Waals surface area contributed by atoms with E-state index in [0.29, 0.717) is 13.2 Å². The first-order chi connectivity index (χ1) is 14.7. The highest BCUT2D eigenvalue weighted by Crippen LogP contribution is 2.38. The number of aryl methyl sites for hydroxylation is 1. The molecule has 32 heavy (non-hydrogen) atoms. The lowest BCUT2D eigenvalue weighted by Crippen LogP contribution is -2.47. The van der Waals surface area contributed by atoms with E-state index in [4.69, 9.17) is 20.8 Å². The van der Waals surface area contributed by atoms with Gasteiger partial charge in [0.2, 0.25) is 0 Å². The Morgan fingerprint density at radius 2 is 1.88 bits per heavy atom. The van der Waals surface area contributed by atoms with Crippen LogP contribution in [0.3, 0.4) is 0 Å². The average Bonchev–Trinajstić information content (AvgIpc) is 3.08. The fraction of sp³-hybridized carbons (Fsp3) is 0.720. The lowest BCUT2D eigenvalue weighted by Gasteiger charge is -2.38. The molecule has 2 aliphatic rings. The summed E-state index contributed by atoms with van der Waals surface area (Å²) in [7, 11) is -1.92. The van der Waals surface area contributed by atoms with E-state index < -0.39 is 13.9 Å². The Morgan fingerprint density at radius 3 is 2.50 bits per heavy atom. The van der Waals surface area contributed by atoms with E-state index in [0.717, 1.165) is 30.8 Å². The number of anilines is 1. The van der Waals surface area contributed by atoms with E-state index in [9.17, 15) is 4.79 Å². The zero-order valence-corrected chi connectivity index (χ0v) is 22.9. The normalized spacial score (nSPS) is 22.2. The molecule has 0 saturated carbocycles. The minimum absolute atomic E-state index is 0.0154. The molecule has 1 saturated heterocycles. The predicted molar refractivity (Wildman–Crippen MR) is 135 cm³/mol. The number of halogens is 1. The van der Waals surface area contributed by atoms with Crippen molar-refractivity contribution in [3.05, 3.63) is 28.8 Å². The molecule has 3 rings (SSSR count). The minimum atomic E-state index is -1.92. The smallest absolute Gasteiger partial charge is 0.410 e. The van der Waals surface area contributed by atoms with Crippen LogP contribution in [-0.2, 0) is 15.6 Å². The highest BCUT2D eigenvalue weighted by molar-refractivity contribution is 6.74. The summed E-state index contributed by atoms with van der Waals surface area (Å²) in [4.78, 5) is 17.5. The van der Waals surface area contributed by atoms with E-state index in [1.807, 2.05) is 31.7 Å². The van der Waals surface area contributed by atoms with Gasteiger partial charge in [-0.25, -0.2) is 4.79 Å². The third-order valence-corrected chi connectivity index (χ3v) is 11.8. The second-order valence-electron chi connectivity index (χ2n) is 11.8. The number of ether oxygens (including phenoxy) is 1. The van der Waals surface area contributed by atoms with Crippen LogP contribution in [0.15, 0.2) is 18.2 Å². The van der Waals surface area contributed by atoms with Crippen LogP contribution in [0.4, 0.5) is 10.5 Å². The average molecular weight is 481 g/mol. The van der Waals surface area contributed by atoms with Gasteiger partial charge in [-0.3, -0.25) is 0 Å². The number of hydrogen-bond donors (Lipinski definition) is 0. The fourth-order valence-corrected chi connectivity index (χ4v) is 5.55. The summed E-state index contributed by atoms with van der Waals surface area (Å²) in [5.74, 6) is 0. The van der Waals surface area contributed by atoms with Gasteiger partial charge in [0, 0.05) is 29.8 Å². The molecule has 0 spiro atoms. The Bertz CT molecular complexity index is 831. The third kappa shape index (κ3) is 5.81. The minimum Gasteiger partial charge on any atom is -0.444 e. The van der Waals surface area contributed by atoms with Gasteiger partial charge in [0.25, 0.3) is 0 Å². The number of fused-ring (bicyclic) bond motifs is 1. The molecule has 0 bridgehead atoms. The van der Waals surface area contributed by atoms with Crippen molar-refractivity contribution in [2.45, 2.75) is 96.6 Å².